The molecule has 0 radical (unpaired) electrons. The van der Waals surface area contributed by atoms with E-state index in [1.807, 2.05) is 54.6 Å². The van der Waals surface area contributed by atoms with Crippen LogP contribution in [0.1, 0.15) is 24.2 Å². The highest BCUT2D eigenvalue weighted by Crippen LogP contribution is 2.16. The fraction of sp³-hybridized carbons (Fsp3) is 0.176. The van der Waals surface area contributed by atoms with Gasteiger partial charge >= 0.3 is 0 Å². The third-order valence-corrected chi connectivity index (χ3v) is 2.68. The second kappa shape index (κ2) is 6.63. The number of hydrogen-bond acceptors (Lipinski definition) is 2. The molecule has 0 bridgehead atoms. The molecule has 0 fully saturated rings. The topological polar surface area (TPSA) is 29.5 Å². The second-order valence-electron chi connectivity index (χ2n) is 4.20. The molecule has 1 unspecified atom stereocenters. The molecule has 2 aromatic carbocycles. The highest BCUT2D eigenvalue weighted by molar-refractivity contribution is 5.34. The maximum atomic E-state index is 9.39. The zero-order valence-corrected chi connectivity index (χ0v) is 10.8. The van der Waals surface area contributed by atoms with Crippen LogP contribution < -0.4 is 4.74 Å². The average molecular weight is 252 g/mol. The van der Waals surface area contributed by atoms with Gasteiger partial charge in [0.05, 0.1) is 6.10 Å². The lowest BCUT2D eigenvalue weighted by Crippen LogP contribution is -1.95. The van der Waals surface area contributed by atoms with E-state index in [2.05, 4.69) is 11.8 Å². The summed E-state index contributed by atoms with van der Waals surface area (Å²) in [6, 6.07) is 17.2. The van der Waals surface area contributed by atoms with E-state index >= 15 is 0 Å². The molecule has 0 saturated heterocycles. The van der Waals surface area contributed by atoms with Crippen molar-refractivity contribution >= 4 is 0 Å². The molecule has 96 valence electrons. The first-order chi connectivity index (χ1) is 9.25. The second-order valence-corrected chi connectivity index (χ2v) is 4.20. The summed E-state index contributed by atoms with van der Waals surface area (Å²) in [5.41, 5.74) is 1.86. The molecule has 0 heterocycles. The number of aliphatic hydroxyl groups is 1. The van der Waals surface area contributed by atoms with Gasteiger partial charge in [0.2, 0.25) is 0 Å². The highest BCUT2D eigenvalue weighted by Gasteiger charge is 1.99. The van der Waals surface area contributed by atoms with Crippen LogP contribution in [0.3, 0.4) is 0 Å². The Hall–Kier alpha value is -2.24. The van der Waals surface area contributed by atoms with Crippen molar-refractivity contribution in [2.45, 2.75) is 13.0 Å². The SMILES string of the molecule is CC(O)c1ccc(OCC#Cc2ccccc2)cc1. The van der Waals surface area contributed by atoms with E-state index in [9.17, 15) is 5.11 Å². The Bertz CT molecular complexity index is 560. The summed E-state index contributed by atoms with van der Waals surface area (Å²) in [7, 11) is 0. The molecule has 0 aliphatic rings. The van der Waals surface area contributed by atoms with Crippen molar-refractivity contribution in [1.82, 2.24) is 0 Å². The third kappa shape index (κ3) is 4.17. The Morgan fingerprint density at radius 2 is 1.74 bits per heavy atom. The molecule has 0 spiro atoms. The van der Waals surface area contributed by atoms with Gasteiger partial charge in [0, 0.05) is 5.56 Å². The molecule has 19 heavy (non-hydrogen) atoms. The summed E-state index contributed by atoms with van der Waals surface area (Å²) >= 11 is 0. The van der Waals surface area contributed by atoms with Crippen molar-refractivity contribution in [3.8, 4) is 17.6 Å². The van der Waals surface area contributed by atoms with Crippen LogP contribution in [0, 0.1) is 11.8 Å². The fourth-order valence-electron chi connectivity index (χ4n) is 1.62. The van der Waals surface area contributed by atoms with Gasteiger partial charge in [0.1, 0.15) is 12.4 Å². The summed E-state index contributed by atoms with van der Waals surface area (Å²) in [5, 5.41) is 9.39. The van der Waals surface area contributed by atoms with E-state index in [0.717, 1.165) is 16.9 Å². The lowest BCUT2D eigenvalue weighted by molar-refractivity contribution is 0.199. The van der Waals surface area contributed by atoms with Crippen molar-refractivity contribution in [3.63, 3.8) is 0 Å². The van der Waals surface area contributed by atoms with Crippen LogP contribution in [0.25, 0.3) is 0 Å². The van der Waals surface area contributed by atoms with Gasteiger partial charge < -0.3 is 9.84 Å². The first-order valence-corrected chi connectivity index (χ1v) is 6.20. The summed E-state index contributed by atoms with van der Waals surface area (Å²) in [4.78, 5) is 0. The third-order valence-electron chi connectivity index (χ3n) is 2.68. The van der Waals surface area contributed by atoms with Gasteiger partial charge in [-0.3, -0.25) is 0 Å². The molecular weight excluding hydrogens is 236 g/mol. The molecule has 0 aliphatic carbocycles. The summed E-state index contributed by atoms with van der Waals surface area (Å²) in [6.45, 7) is 2.09. The normalized spacial score (nSPS) is 11.3. The molecule has 2 aromatic rings. The first kappa shape index (κ1) is 13.2. The van der Waals surface area contributed by atoms with Crippen LogP contribution in [0.5, 0.6) is 5.75 Å². The number of aliphatic hydroxyl groups excluding tert-OH is 1. The van der Waals surface area contributed by atoms with Gasteiger partial charge in [0.15, 0.2) is 0 Å². The van der Waals surface area contributed by atoms with Crippen molar-refractivity contribution in [2.24, 2.45) is 0 Å². The molecule has 1 atom stereocenters. The van der Waals surface area contributed by atoms with Crippen LogP contribution >= 0.6 is 0 Å². The monoisotopic (exact) mass is 252 g/mol. The minimum atomic E-state index is -0.452. The Labute approximate surface area is 113 Å². The molecule has 2 heteroatoms. The number of hydrogen-bond donors (Lipinski definition) is 1. The molecular formula is C17H16O2. The van der Waals surface area contributed by atoms with E-state index in [1.165, 1.54) is 0 Å². The Morgan fingerprint density at radius 1 is 1.05 bits per heavy atom. The Morgan fingerprint density at radius 3 is 2.37 bits per heavy atom. The Kier molecular flexibility index (Phi) is 4.60. The van der Waals surface area contributed by atoms with Crippen LogP contribution in [0.2, 0.25) is 0 Å². The summed E-state index contributed by atoms with van der Waals surface area (Å²) in [6.07, 6.45) is -0.452. The largest absolute Gasteiger partial charge is 0.481 e. The van der Waals surface area contributed by atoms with Gasteiger partial charge in [-0.2, -0.15) is 0 Å². The lowest BCUT2D eigenvalue weighted by atomic mass is 10.1. The zero-order chi connectivity index (χ0) is 13.5. The van der Waals surface area contributed by atoms with Gasteiger partial charge in [-0.25, -0.2) is 0 Å². The van der Waals surface area contributed by atoms with E-state index in [1.54, 1.807) is 6.92 Å². The smallest absolute Gasteiger partial charge is 0.149 e. The molecule has 0 aromatic heterocycles. The fourth-order valence-corrected chi connectivity index (χ4v) is 1.62. The van der Waals surface area contributed by atoms with Gasteiger partial charge in [0.25, 0.3) is 0 Å². The van der Waals surface area contributed by atoms with Gasteiger partial charge in [-0.05, 0) is 36.8 Å². The van der Waals surface area contributed by atoms with Crippen LogP contribution in [-0.4, -0.2) is 11.7 Å². The average Bonchev–Trinajstić information content (AvgIpc) is 2.45. The number of ether oxygens (including phenoxy) is 1. The van der Waals surface area contributed by atoms with Crippen molar-refractivity contribution in [1.29, 1.82) is 0 Å². The predicted octanol–water partition coefficient (Wildman–Crippen LogP) is 3.17. The minimum Gasteiger partial charge on any atom is -0.481 e. The molecule has 2 nitrogen and oxygen atoms in total. The van der Waals surface area contributed by atoms with E-state index in [4.69, 9.17) is 4.74 Å². The van der Waals surface area contributed by atoms with Crippen LogP contribution in [0.15, 0.2) is 54.6 Å². The highest BCUT2D eigenvalue weighted by atomic mass is 16.5. The zero-order valence-electron chi connectivity index (χ0n) is 10.8. The maximum absolute atomic E-state index is 9.39. The van der Waals surface area contributed by atoms with Crippen molar-refractivity contribution in [2.75, 3.05) is 6.61 Å². The summed E-state index contributed by atoms with van der Waals surface area (Å²) in [5.74, 6) is 6.75. The molecule has 2 rings (SSSR count). The van der Waals surface area contributed by atoms with Crippen LogP contribution in [0.4, 0.5) is 0 Å². The van der Waals surface area contributed by atoms with Crippen molar-refractivity contribution in [3.05, 3.63) is 65.7 Å². The first-order valence-electron chi connectivity index (χ1n) is 6.20. The van der Waals surface area contributed by atoms with E-state index in [-0.39, 0.29) is 0 Å². The number of rotatable bonds is 3. The minimum absolute atomic E-state index is 0.350. The van der Waals surface area contributed by atoms with Crippen molar-refractivity contribution < 1.29 is 9.84 Å². The van der Waals surface area contributed by atoms with E-state index < -0.39 is 6.10 Å². The molecule has 0 aliphatic heterocycles. The number of benzene rings is 2. The molecule has 0 saturated carbocycles. The molecule has 0 amide bonds. The van der Waals surface area contributed by atoms with E-state index in [0.29, 0.717) is 6.61 Å². The molecule has 1 N–H and O–H groups in total. The standard InChI is InChI=1S/C17H16O2/c1-14(18)16-9-11-17(12-10-16)19-13-5-8-15-6-3-2-4-7-15/h2-4,6-7,9-12,14,18H,13H2,1H3. The van der Waals surface area contributed by atoms with Crippen LogP contribution in [-0.2, 0) is 0 Å². The predicted molar refractivity (Wildman–Crippen MR) is 75.9 cm³/mol. The Balaban J connectivity index is 1.88. The van der Waals surface area contributed by atoms with Gasteiger partial charge in [-0.1, -0.05) is 42.2 Å². The summed E-state index contributed by atoms with van der Waals surface area (Å²) < 4.78 is 5.51. The van der Waals surface area contributed by atoms with Gasteiger partial charge in [-0.15, -0.1) is 0 Å². The quantitative estimate of drug-likeness (QED) is 0.850. The maximum Gasteiger partial charge on any atom is 0.149 e. The lowest BCUT2D eigenvalue weighted by Gasteiger charge is -2.06.